The van der Waals surface area contributed by atoms with Crippen LogP contribution in [0.15, 0.2) is 85.1 Å². The molecule has 2 aliphatic rings. The van der Waals surface area contributed by atoms with Crippen molar-refractivity contribution < 1.29 is 37.1 Å². The van der Waals surface area contributed by atoms with Crippen molar-refractivity contribution in [1.29, 1.82) is 0 Å². The highest BCUT2D eigenvalue weighted by Crippen LogP contribution is 2.35. The largest absolute Gasteiger partial charge is 0.416 e. The summed E-state index contributed by atoms with van der Waals surface area (Å²) in [5.41, 5.74) is 3.39. The van der Waals surface area contributed by atoms with Crippen LogP contribution in [0.2, 0.25) is 0 Å². The van der Waals surface area contributed by atoms with Crippen LogP contribution in [0.3, 0.4) is 0 Å². The summed E-state index contributed by atoms with van der Waals surface area (Å²) in [6.45, 7) is 14.7. The Labute approximate surface area is 391 Å². The summed E-state index contributed by atoms with van der Waals surface area (Å²) in [6, 6.07) is 21.4. The van der Waals surface area contributed by atoms with E-state index in [4.69, 9.17) is 4.74 Å². The molecule has 0 spiro atoms. The third kappa shape index (κ3) is 14.5. The normalized spacial score (nSPS) is 15.0. The molecule has 6 rings (SSSR count). The first-order valence-electron chi connectivity index (χ1n) is 22.9. The number of rotatable bonds is 17. The lowest BCUT2D eigenvalue weighted by Gasteiger charge is -2.30. The first kappa shape index (κ1) is 50.0. The molecule has 4 aromatic rings. The van der Waals surface area contributed by atoms with E-state index in [1.807, 2.05) is 55.1 Å². The van der Waals surface area contributed by atoms with Gasteiger partial charge in [-0.3, -0.25) is 24.2 Å². The van der Waals surface area contributed by atoms with Gasteiger partial charge in [-0.15, -0.1) is 0 Å². The lowest BCUT2D eigenvalue weighted by molar-refractivity contribution is -0.137. The Hall–Kier alpha value is -5.41. The van der Waals surface area contributed by atoms with Gasteiger partial charge < -0.3 is 30.1 Å². The van der Waals surface area contributed by atoms with Crippen LogP contribution in [0.4, 0.5) is 24.5 Å². The molecule has 3 heterocycles. The molecule has 4 amide bonds. The molecule has 1 aromatic heterocycles. The molecule has 354 valence electrons. The molecule has 0 saturated carbocycles. The molecule has 11 nitrogen and oxygen atoms in total. The Kier molecular flexibility index (Phi) is 17.0. The highest BCUT2D eigenvalue weighted by molar-refractivity contribution is 7.99. The number of nitrogens with one attached hydrogen (secondary N) is 2. The summed E-state index contributed by atoms with van der Waals surface area (Å²) < 4.78 is 46.1. The van der Waals surface area contributed by atoms with Crippen LogP contribution in [0.25, 0.3) is 11.3 Å². The summed E-state index contributed by atoms with van der Waals surface area (Å²) in [5, 5.41) is 5.83. The minimum Gasteiger partial charge on any atom is -0.376 e. The first-order valence-corrected chi connectivity index (χ1v) is 23.9. The standard InChI is InChI=1S/C51H63F3N6O5S/c1-36(61)58-25-11-26-60(28-27-58)46(62)18-20-49(2,3)65-29-21-50(4,5)66-35-38-13-9-14-39(30-38)48(64)57-44-17-16-42(59-23-7-6-8-24-59)33-43(44)45-32-40(19-22-55-45)47(63)56-34-37-12-10-15-41(31-37)51(52,53)54/h9-10,12-17,19,22,30-33H,6-8,11,18,20-21,23-29,34-35H2,1-5H3,(H,56,63)(H,57,64). The molecule has 0 unspecified atom stereocenters. The summed E-state index contributed by atoms with van der Waals surface area (Å²) >= 11 is 1.78. The number of carbonyl (C=O) groups excluding carboxylic acids is 4. The van der Waals surface area contributed by atoms with Gasteiger partial charge in [0.25, 0.3) is 11.8 Å². The predicted octanol–water partition coefficient (Wildman–Crippen LogP) is 10.00. The zero-order chi connectivity index (χ0) is 47.5. The zero-order valence-corrected chi connectivity index (χ0v) is 39.6. The maximum atomic E-state index is 14.0. The zero-order valence-electron chi connectivity index (χ0n) is 38.8. The third-order valence-corrected chi connectivity index (χ3v) is 13.7. The smallest absolute Gasteiger partial charge is 0.376 e. The number of thioether (sulfide) groups is 1. The fourth-order valence-corrected chi connectivity index (χ4v) is 9.07. The predicted molar refractivity (Wildman–Crippen MR) is 255 cm³/mol. The third-order valence-electron chi connectivity index (χ3n) is 12.2. The molecule has 0 bridgehead atoms. The first-order chi connectivity index (χ1) is 31.4. The second-order valence-electron chi connectivity index (χ2n) is 18.4. The number of hydrogen-bond acceptors (Lipinski definition) is 8. The maximum absolute atomic E-state index is 14.0. The van der Waals surface area contributed by atoms with Crippen LogP contribution in [0, 0.1) is 0 Å². The molecule has 2 N–H and O–H groups in total. The molecule has 0 atom stereocenters. The topological polar surface area (TPSA) is 124 Å². The molecular formula is C51H63F3N6O5S. The number of nitrogens with zero attached hydrogens (tertiary/aromatic N) is 4. The van der Waals surface area contributed by atoms with Gasteiger partial charge in [0.1, 0.15) is 0 Å². The van der Waals surface area contributed by atoms with E-state index < -0.39 is 23.2 Å². The average molecular weight is 929 g/mol. The van der Waals surface area contributed by atoms with Crippen LogP contribution in [-0.2, 0) is 32.8 Å². The monoisotopic (exact) mass is 928 g/mol. The summed E-state index contributed by atoms with van der Waals surface area (Å²) in [6.07, 6.45) is 2.87. The lowest BCUT2D eigenvalue weighted by atomic mass is 10.0. The fraction of sp³-hybridized carbons (Fsp3) is 0.471. The molecule has 2 aliphatic heterocycles. The maximum Gasteiger partial charge on any atom is 0.416 e. The lowest BCUT2D eigenvalue weighted by Crippen LogP contribution is -2.37. The Balaban J connectivity index is 1.06. The number of carbonyl (C=O) groups is 4. The molecule has 15 heteroatoms. The van der Waals surface area contributed by atoms with Crippen LogP contribution in [0.5, 0.6) is 0 Å². The van der Waals surface area contributed by atoms with Crippen molar-refractivity contribution >= 4 is 46.8 Å². The molecule has 66 heavy (non-hydrogen) atoms. The number of ether oxygens (including phenoxy) is 1. The van der Waals surface area contributed by atoms with Gasteiger partial charge in [0, 0.05) is 105 Å². The van der Waals surface area contributed by atoms with Gasteiger partial charge >= 0.3 is 6.18 Å². The van der Waals surface area contributed by atoms with Crippen molar-refractivity contribution in [3.8, 4) is 11.3 Å². The van der Waals surface area contributed by atoms with Gasteiger partial charge in [0.2, 0.25) is 11.8 Å². The summed E-state index contributed by atoms with van der Waals surface area (Å²) in [5.74, 6) is 0.0405. The minimum absolute atomic E-state index is 0.0451. The number of benzene rings is 3. The highest BCUT2D eigenvalue weighted by Gasteiger charge is 2.31. The Bertz CT molecular complexity index is 2330. The minimum atomic E-state index is -4.49. The van der Waals surface area contributed by atoms with E-state index in [1.54, 1.807) is 41.8 Å². The van der Waals surface area contributed by atoms with Crippen molar-refractivity contribution in [2.24, 2.45) is 0 Å². The Morgan fingerprint density at radius 3 is 2.21 bits per heavy atom. The molecular weight excluding hydrogens is 866 g/mol. The van der Waals surface area contributed by atoms with Gasteiger partial charge in [0.05, 0.1) is 22.5 Å². The van der Waals surface area contributed by atoms with E-state index in [1.165, 1.54) is 18.3 Å². The second kappa shape index (κ2) is 22.4. The van der Waals surface area contributed by atoms with Crippen LogP contribution >= 0.6 is 11.8 Å². The number of amides is 4. The Morgan fingerprint density at radius 1 is 0.742 bits per heavy atom. The molecule has 2 fully saturated rings. The SMILES string of the molecule is CC(=O)N1CCCN(C(=O)CCC(C)(C)OCCC(C)(C)SCc2cccc(C(=O)Nc3ccc(N4CCCCC4)cc3-c3cc(C(=O)NCc4cccc(C(F)(F)F)c4)ccn3)c2)CC1. The van der Waals surface area contributed by atoms with Gasteiger partial charge in [-0.1, -0.05) is 38.1 Å². The highest BCUT2D eigenvalue weighted by atomic mass is 32.2. The van der Waals surface area contributed by atoms with Crippen LogP contribution in [0.1, 0.15) is 117 Å². The quantitative estimate of drug-likeness (QED) is 0.107. The van der Waals surface area contributed by atoms with E-state index in [9.17, 15) is 32.3 Å². The fourth-order valence-electron chi connectivity index (χ4n) is 8.10. The number of aromatic nitrogens is 1. The van der Waals surface area contributed by atoms with Gasteiger partial charge in [-0.25, -0.2) is 0 Å². The average Bonchev–Trinajstić information content (AvgIpc) is 3.57. The van der Waals surface area contributed by atoms with Crippen LogP contribution < -0.4 is 15.5 Å². The summed E-state index contributed by atoms with van der Waals surface area (Å²) in [7, 11) is 0. The number of halogens is 3. The van der Waals surface area contributed by atoms with Crippen molar-refractivity contribution in [2.45, 2.75) is 108 Å². The van der Waals surface area contributed by atoms with Crippen molar-refractivity contribution in [2.75, 3.05) is 56.1 Å². The number of pyridine rings is 1. The van der Waals surface area contributed by atoms with Crippen LogP contribution in [-0.4, -0.2) is 94.6 Å². The summed E-state index contributed by atoms with van der Waals surface area (Å²) in [4.78, 5) is 62.7. The molecule has 0 aliphatic carbocycles. The van der Waals surface area contributed by atoms with E-state index in [-0.39, 0.29) is 34.6 Å². The molecule has 0 radical (unpaired) electrons. The van der Waals surface area contributed by atoms with Crippen molar-refractivity contribution in [1.82, 2.24) is 20.1 Å². The number of anilines is 2. The second-order valence-corrected chi connectivity index (χ2v) is 20.1. The van der Waals surface area contributed by atoms with E-state index in [0.717, 1.165) is 68.6 Å². The van der Waals surface area contributed by atoms with E-state index in [2.05, 4.69) is 34.4 Å². The van der Waals surface area contributed by atoms with E-state index >= 15 is 0 Å². The van der Waals surface area contributed by atoms with Crippen molar-refractivity contribution in [3.05, 3.63) is 113 Å². The number of alkyl halides is 3. The van der Waals surface area contributed by atoms with Gasteiger partial charge in [-0.05, 0) is 118 Å². The Morgan fingerprint density at radius 2 is 1.45 bits per heavy atom. The van der Waals surface area contributed by atoms with Gasteiger partial charge in [0.15, 0.2) is 0 Å². The molecule has 2 saturated heterocycles. The van der Waals surface area contributed by atoms with E-state index in [0.29, 0.717) is 79.5 Å². The number of piperidine rings is 1. The molecule has 3 aromatic carbocycles. The van der Waals surface area contributed by atoms with Gasteiger partial charge in [-0.2, -0.15) is 24.9 Å². The van der Waals surface area contributed by atoms with Crippen molar-refractivity contribution in [3.63, 3.8) is 0 Å². The number of hydrogen-bond donors (Lipinski definition) is 2.